The van der Waals surface area contributed by atoms with Gasteiger partial charge in [-0.1, -0.05) is 181 Å². The molecule has 200 valence electrons. The van der Waals surface area contributed by atoms with E-state index in [1.54, 1.807) is 0 Å². The molecule has 33 heavy (non-hydrogen) atoms. The van der Waals surface area contributed by atoms with Crippen molar-refractivity contribution in [1.29, 1.82) is 0 Å². The van der Waals surface area contributed by atoms with E-state index in [9.17, 15) is 0 Å². The zero-order valence-electron chi connectivity index (χ0n) is 23.6. The number of hydrogen-bond acceptors (Lipinski definition) is 1. The van der Waals surface area contributed by atoms with E-state index in [0.717, 1.165) is 13.2 Å². The predicted octanol–water partition coefficient (Wildman–Crippen LogP) is 12.0. The quantitative estimate of drug-likeness (QED) is 0.0956. The molecule has 0 saturated carbocycles. The van der Waals surface area contributed by atoms with Crippen molar-refractivity contribution >= 4 is 0 Å². The van der Waals surface area contributed by atoms with Gasteiger partial charge in [-0.25, -0.2) is 0 Å². The average Bonchev–Trinajstić information content (AvgIpc) is 2.83. The fourth-order valence-electron chi connectivity index (χ4n) is 4.87. The fraction of sp³-hybridized carbons (Fsp3) is 1.00. The van der Waals surface area contributed by atoms with Gasteiger partial charge in [-0.3, -0.25) is 0 Å². The Morgan fingerprint density at radius 1 is 0.242 bits per heavy atom. The average molecular weight is 467 g/mol. The molecule has 0 rings (SSSR count). The molecule has 0 radical (unpaired) electrons. The molecule has 0 saturated heterocycles. The second-order valence-corrected chi connectivity index (χ2v) is 10.8. The Morgan fingerprint density at radius 3 is 0.727 bits per heavy atom. The molecule has 0 amide bonds. The maximum Gasteiger partial charge on any atom is 0.0466 e. The molecule has 0 unspecified atom stereocenters. The van der Waals surface area contributed by atoms with Crippen molar-refractivity contribution in [3.8, 4) is 0 Å². The Morgan fingerprint density at radius 2 is 0.455 bits per heavy atom. The lowest BCUT2D eigenvalue weighted by atomic mass is 10.0. The van der Waals surface area contributed by atoms with Crippen LogP contribution in [-0.4, -0.2) is 13.2 Å². The zero-order valence-corrected chi connectivity index (χ0v) is 23.6. The standard InChI is InChI=1S/C32H66O/c1-3-5-7-8-9-10-11-12-13-14-15-16-17-18-19-20-21-22-23-24-25-26-27-28-29-30-32-33-31-6-4-2/h3-32H2,1-2H3. The van der Waals surface area contributed by atoms with Gasteiger partial charge in [0.1, 0.15) is 0 Å². The second-order valence-electron chi connectivity index (χ2n) is 10.8. The third kappa shape index (κ3) is 32.0. The van der Waals surface area contributed by atoms with Gasteiger partial charge in [0.2, 0.25) is 0 Å². The molecule has 0 aliphatic carbocycles. The van der Waals surface area contributed by atoms with E-state index in [-0.39, 0.29) is 0 Å². The van der Waals surface area contributed by atoms with Crippen LogP contribution in [0.4, 0.5) is 0 Å². The number of rotatable bonds is 30. The van der Waals surface area contributed by atoms with E-state index in [2.05, 4.69) is 13.8 Å². The van der Waals surface area contributed by atoms with Crippen molar-refractivity contribution in [2.24, 2.45) is 0 Å². The Bertz CT molecular complexity index is 284. The summed E-state index contributed by atoms with van der Waals surface area (Å²) in [5.41, 5.74) is 0. The van der Waals surface area contributed by atoms with E-state index < -0.39 is 0 Å². The van der Waals surface area contributed by atoms with E-state index in [1.807, 2.05) is 0 Å². The van der Waals surface area contributed by atoms with E-state index in [0.29, 0.717) is 0 Å². The lowest BCUT2D eigenvalue weighted by Crippen LogP contribution is -1.96. The molecular weight excluding hydrogens is 400 g/mol. The molecule has 0 aromatic carbocycles. The van der Waals surface area contributed by atoms with Crippen LogP contribution >= 0.6 is 0 Å². The number of hydrogen-bond donors (Lipinski definition) is 0. The van der Waals surface area contributed by atoms with Crippen molar-refractivity contribution in [2.45, 2.75) is 194 Å². The van der Waals surface area contributed by atoms with E-state index in [4.69, 9.17) is 4.74 Å². The molecule has 0 atom stereocenters. The lowest BCUT2D eigenvalue weighted by molar-refractivity contribution is 0.127. The van der Waals surface area contributed by atoms with Crippen LogP contribution in [0.5, 0.6) is 0 Å². The molecule has 0 bridgehead atoms. The van der Waals surface area contributed by atoms with Gasteiger partial charge in [0.25, 0.3) is 0 Å². The highest BCUT2D eigenvalue weighted by atomic mass is 16.5. The van der Waals surface area contributed by atoms with Gasteiger partial charge in [-0.15, -0.1) is 0 Å². The van der Waals surface area contributed by atoms with Crippen LogP contribution in [0.2, 0.25) is 0 Å². The summed E-state index contributed by atoms with van der Waals surface area (Å²) >= 11 is 0. The second kappa shape index (κ2) is 32.0. The van der Waals surface area contributed by atoms with Crippen molar-refractivity contribution in [3.05, 3.63) is 0 Å². The Labute approximate surface area is 211 Å². The van der Waals surface area contributed by atoms with Gasteiger partial charge in [-0.2, -0.15) is 0 Å². The third-order valence-electron chi connectivity index (χ3n) is 7.28. The Kier molecular flexibility index (Phi) is 31.9. The van der Waals surface area contributed by atoms with Gasteiger partial charge in [0, 0.05) is 13.2 Å². The summed E-state index contributed by atoms with van der Waals surface area (Å²) in [6.07, 6.45) is 40.4. The largest absolute Gasteiger partial charge is 0.381 e. The van der Waals surface area contributed by atoms with Crippen LogP contribution < -0.4 is 0 Å². The molecule has 0 aromatic heterocycles. The first-order chi connectivity index (χ1) is 16.4. The molecule has 0 spiro atoms. The van der Waals surface area contributed by atoms with Crippen LogP contribution in [0.3, 0.4) is 0 Å². The lowest BCUT2D eigenvalue weighted by Gasteiger charge is -2.05. The van der Waals surface area contributed by atoms with Crippen LogP contribution in [0, 0.1) is 0 Å². The minimum absolute atomic E-state index is 0.968. The SMILES string of the molecule is CCCCCCCCCCCCCCCCCCCCCCCCCCCCOCCCC. The third-order valence-corrected chi connectivity index (χ3v) is 7.28. The van der Waals surface area contributed by atoms with Gasteiger partial charge in [-0.05, 0) is 12.8 Å². The first-order valence-corrected chi connectivity index (χ1v) is 16.0. The summed E-state index contributed by atoms with van der Waals surface area (Å²) in [5.74, 6) is 0. The summed E-state index contributed by atoms with van der Waals surface area (Å²) in [6, 6.07) is 0. The normalized spacial score (nSPS) is 11.5. The van der Waals surface area contributed by atoms with Crippen LogP contribution in [0.15, 0.2) is 0 Å². The van der Waals surface area contributed by atoms with Crippen molar-refractivity contribution in [3.63, 3.8) is 0 Å². The topological polar surface area (TPSA) is 9.23 Å². The maximum absolute atomic E-state index is 5.63. The molecule has 0 aliphatic rings. The Hall–Kier alpha value is -0.0400. The molecule has 1 nitrogen and oxygen atoms in total. The van der Waals surface area contributed by atoms with Gasteiger partial charge in [0.05, 0.1) is 0 Å². The molecular formula is C32H66O. The van der Waals surface area contributed by atoms with Gasteiger partial charge < -0.3 is 4.74 Å². The maximum atomic E-state index is 5.63. The zero-order chi connectivity index (χ0) is 23.9. The number of unbranched alkanes of at least 4 members (excludes halogenated alkanes) is 26. The van der Waals surface area contributed by atoms with E-state index in [1.165, 1.54) is 180 Å². The fourth-order valence-corrected chi connectivity index (χ4v) is 4.87. The van der Waals surface area contributed by atoms with Gasteiger partial charge >= 0.3 is 0 Å². The molecule has 0 aromatic rings. The monoisotopic (exact) mass is 467 g/mol. The number of ether oxygens (including phenoxy) is 1. The molecule has 0 heterocycles. The Balaban J connectivity index is 2.99. The highest BCUT2D eigenvalue weighted by Crippen LogP contribution is 2.16. The van der Waals surface area contributed by atoms with Crippen LogP contribution in [-0.2, 0) is 4.74 Å². The van der Waals surface area contributed by atoms with E-state index >= 15 is 0 Å². The minimum atomic E-state index is 0.968. The first-order valence-electron chi connectivity index (χ1n) is 16.0. The summed E-state index contributed by atoms with van der Waals surface area (Å²) < 4.78 is 5.63. The van der Waals surface area contributed by atoms with Crippen molar-refractivity contribution in [2.75, 3.05) is 13.2 Å². The summed E-state index contributed by atoms with van der Waals surface area (Å²) in [5, 5.41) is 0. The highest BCUT2D eigenvalue weighted by Gasteiger charge is 1.96. The van der Waals surface area contributed by atoms with Crippen LogP contribution in [0.25, 0.3) is 0 Å². The predicted molar refractivity (Wildman–Crippen MR) is 151 cm³/mol. The summed E-state index contributed by atoms with van der Waals surface area (Å²) in [6.45, 7) is 6.49. The molecule has 0 N–H and O–H groups in total. The van der Waals surface area contributed by atoms with Crippen molar-refractivity contribution < 1.29 is 4.74 Å². The summed E-state index contributed by atoms with van der Waals surface area (Å²) in [4.78, 5) is 0. The van der Waals surface area contributed by atoms with Crippen molar-refractivity contribution in [1.82, 2.24) is 0 Å². The highest BCUT2D eigenvalue weighted by molar-refractivity contribution is 4.52. The molecule has 1 heteroatoms. The smallest absolute Gasteiger partial charge is 0.0466 e. The minimum Gasteiger partial charge on any atom is -0.381 e. The summed E-state index contributed by atoms with van der Waals surface area (Å²) in [7, 11) is 0. The molecule has 0 fully saturated rings. The molecule has 0 aliphatic heterocycles. The first kappa shape index (κ1) is 33.0. The van der Waals surface area contributed by atoms with Crippen LogP contribution in [0.1, 0.15) is 194 Å². The van der Waals surface area contributed by atoms with Gasteiger partial charge in [0.15, 0.2) is 0 Å².